The summed E-state index contributed by atoms with van der Waals surface area (Å²) in [6.07, 6.45) is 8.65. The molecule has 4 N–H and O–H groups in total. The number of aromatic hydroxyl groups is 1. The molecule has 0 amide bonds. The first kappa shape index (κ1) is 22.3. The van der Waals surface area contributed by atoms with E-state index in [9.17, 15) is 14.3 Å². The molecule has 2 aromatic heterocycles. The molecule has 1 fully saturated rings. The van der Waals surface area contributed by atoms with Crippen LogP contribution in [-0.4, -0.2) is 42.1 Å². The van der Waals surface area contributed by atoms with E-state index in [1.54, 1.807) is 18.2 Å². The molecule has 1 aromatic carbocycles. The number of carbonyl (C=O) groups is 1. The average Bonchev–Trinajstić information content (AvgIpc) is 3.62. The maximum absolute atomic E-state index is 14.1. The first-order chi connectivity index (χ1) is 15.1. The van der Waals surface area contributed by atoms with Crippen molar-refractivity contribution in [2.45, 2.75) is 25.7 Å². The van der Waals surface area contributed by atoms with Crippen LogP contribution in [0.15, 0.2) is 36.7 Å². The molecule has 0 aliphatic heterocycles. The lowest BCUT2D eigenvalue weighted by Crippen LogP contribution is -2.11. The molecule has 0 atom stereocenters. The molecule has 0 unspecified atom stereocenters. The lowest BCUT2D eigenvalue weighted by atomic mass is 10.1. The summed E-state index contributed by atoms with van der Waals surface area (Å²) in [5.74, 6) is -0.544. The van der Waals surface area contributed by atoms with Crippen LogP contribution >= 0.6 is 0 Å². The Labute approximate surface area is 180 Å². The Morgan fingerprint density at radius 1 is 1.29 bits per heavy atom. The number of aldehydes is 1. The molecule has 3 aromatic rings. The Kier molecular flexibility index (Phi) is 7.61. The number of hydrogen-bond acceptors (Lipinski definition) is 6. The van der Waals surface area contributed by atoms with Crippen molar-refractivity contribution in [2.24, 2.45) is 0 Å². The van der Waals surface area contributed by atoms with Gasteiger partial charge in [0.15, 0.2) is 17.9 Å². The quantitative estimate of drug-likeness (QED) is 0.398. The fourth-order valence-electron chi connectivity index (χ4n) is 3.02. The van der Waals surface area contributed by atoms with Gasteiger partial charge in [-0.2, -0.15) is 0 Å². The van der Waals surface area contributed by atoms with E-state index in [1.807, 2.05) is 7.05 Å². The first-order valence-corrected chi connectivity index (χ1v) is 10.2. The predicted octanol–water partition coefficient (Wildman–Crippen LogP) is 4.42. The molecule has 31 heavy (non-hydrogen) atoms. The molecule has 0 radical (unpaired) electrons. The standard InChI is InChI=1S/C20H21FN4O3.C3H6/c1-22-8-7-15-13(11-26)19(18(24-15)12-6-9-23-10-17(12)27)25-16-5-3-4-14(21)20(16)28-2;1-2-3-1/h3-6,9-11,22,24-25,27H,7-8H2,1-2H3;1-3H2. The summed E-state index contributed by atoms with van der Waals surface area (Å²) in [7, 11) is 3.19. The van der Waals surface area contributed by atoms with Gasteiger partial charge in [-0.3, -0.25) is 9.78 Å². The van der Waals surface area contributed by atoms with Gasteiger partial charge < -0.3 is 25.5 Å². The van der Waals surface area contributed by atoms with Crippen LogP contribution in [0.1, 0.15) is 35.3 Å². The summed E-state index contributed by atoms with van der Waals surface area (Å²) in [6, 6.07) is 6.10. The van der Waals surface area contributed by atoms with Crippen LogP contribution in [0.2, 0.25) is 0 Å². The number of hydrogen-bond donors (Lipinski definition) is 4. The summed E-state index contributed by atoms with van der Waals surface area (Å²) in [6.45, 7) is 0.645. The van der Waals surface area contributed by atoms with Crippen molar-refractivity contribution in [3.63, 3.8) is 0 Å². The highest BCUT2D eigenvalue weighted by Gasteiger charge is 2.22. The number of benzene rings is 1. The maximum atomic E-state index is 14.1. The van der Waals surface area contributed by atoms with E-state index in [4.69, 9.17) is 4.74 Å². The number of ether oxygens (including phenoxy) is 1. The zero-order chi connectivity index (χ0) is 22.2. The molecule has 8 heteroatoms. The smallest absolute Gasteiger partial charge is 0.177 e. The number of para-hydroxylation sites is 1. The van der Waals surface area contributed by atoms with Gasteiger partial charge in [-0.25, -0.2) is 4.39 Å². The Bertz CT molecular complexity index is 1030. The second-order valence-corrected chi connectivity index (χ2v) is 7.14. The number of methoxy groups -OCH3 is 1. The molecule has 0 bridgehead atoms. The molecule has 4 rings (SSSR count). The normalized spacial score (nSPS) is 12.0. The van der Waals surface area contributed by atoms with E-state index < -0.39 is 5.82 Å². The van der Waals surface area contributed by atoms with Gasteiger partial charge in [0.25, 0.3) is 0 Å². The number of nitrogens with zero attached hydrogens (tertiary/aromatic N) is 1. The Hall–Kier alpha value is -3.39. The maximum Gasteiger partial charge on any atom is 0.177 e. The Balaban J connectivity index is 0.000000834. The van der Waals surface area contributed by atoms with Gasteiger partial charge in [0.05, 0.1) is 35.9 Å². The van der Waals surface area contributed by atoms with Gasteiger partial charge in [-0.15, -0.1) is 0 Å². The van der Waals surface area contributed by atoms with Gasteiger partial charge >= 0.3 is 0 Å². The first-order valence-electron chi connectivity index (χ1n) is 10.2. The minimum Gasteiger partial charge on any atom is -0.506 e. The molecule has 1 aliphatic rings. The average molecular weight is 426 g/mol. The van der Waals surface area contributed by atoms with Crippen molar-refractivity contribution in [3.05, 3.63) is 53.7 Å². The van der Waals surface area contributed by atoms with Gasteiger partial charge in [0.1, 0.15) is 5.75 Å². The third-order valence-corrected chi connectivity index (χ3v) is 4.72. The van der Waals surface area contributed by atoms with Crippen LogP contribution in [0, 0.1) is 5.82 Å². The lowest BCUT2D eigenvalue weighted by molar-refractivity contribution is 0.112. The van der Waals surface area contributed by atoms with Crippen molar-refractivity contribution >= 4 is 17.7 Å². The van der Waals surface area contributed by atoms with Crippen LogP contribution in [0.4, 0.5) is 15.8 Å². The monoisotopic (exact) mass is 426 g/mol. The summed E-state index contributed by atoms with van der Waals surface area (Å²) in [4.78, 5) is 19.0. The number of aromatic nitrogens is 2. The summed E-state index contributed by atoms with van der Waals surface area (Å²) < 4.78 is 19.3. The second-order valence-electron chi connectivity index (χ2n) is 7.14. The van der Waals surface area contributed by atoms with Crippen LogP contribution in [0.25, 0.3) is 11.3 Å². The number of aromatic amines is 1. The number of H-pyrrole nitrogens is 1. The van der Waals surface area contributed by atoms with Crippen LogP contribution in [0.3, 0.4) is 0 Å². The summed E-state index contributed by atoms with van der Waals surface area (Å²) in [5, 5.41) is 16.4. The van der Waals surface area contributed by atoms with E-state index in [-0.39, 0.29) is 11.5 Å². The van der Waals surface area contributed by atoms with Crippen LogP contribution in [0.5, 0.6) is 11.5 Å². The van der Waals surface area contributed by atoms with Crippen LogP contribution in [-0.2, 0) is 6.42 Å². The number of nitrogens with one attached hydrogen (secondary N) is 3. The predicted molar refractivity (Wildman–Crippen MR) is 119 cm³/mol. The highest BCUT2D eigenvalue weighted by Crippen LogP contribution is 2.40. The molecule has 0 saturated heterocycles. The summed E-state index contributed by atoms with van der Waals surface area (Å²) >= 11 is 0. The van der Waals surface area contributed by atoms with Crippen molar-refractivity contribution in [1.82, 2.24) is 15.3 Å². The van der Waals surface area contributed by atoms with E-state index in [1.165, 1.54) is 44.8 Å². The van der Waals surface area contributed by atoms with E-state index in [2.05, 4.69) is 20.6 Å². The number of halogens is 1. The molecule has 7 nitrogen and oxygen atoms in total. The highest BCUT2D eigenvalue weighted by molar-refractivity contribution is 5.96. The van der Waals surface area contributed by atoms with E-state index in [0.717, 1.165) is 6.29 Å². The van der Waals surface area contributed by atoms with E-state index >= 15 is 0 Å². The Morgan fingerprint density at radius 2 is 2.06 bits per heavy atom. The van der Waals surface area contributed by atoms with Gasteiger partial charge in [-0.1, -0.05) is 25.3 Å². The van der Waals surface area contributed by atoms with Crippen molar-refractivity contribution in [2.75, 3.05) is 26.0 Å². The minimum absolute atomic E-state index is 0.0298. The van der Waals surface area contributed by atoms with Crippen molar-refractivity contribution < 1.29 is 19.0 Å². The molecule has 1 saturated carbocycles. The third-order valence-electron chi connectivity index (χ3n) is 4.72. The van der Waals surface area contributed by atoms with Crippen molar-refractivity contribution in [3.8, 4) is 22.8 Å². The lowest BCUT2D eigenvalue weighted by Gasteiger charge is -2.13. The molecular weight excluding hydrogens is 399 g/mol. The number of carbonyl (C=O) groups excluding carboxylic acids is 1. The number of rotatable bonds is 8. The zero-order valence-corrected chi connectivity index (χ0v) is 17.7. The van der Waals surface area contributed by atoms with Crippen LogP contribution < -0.4 is 15.4 Å². The highest BCUT2D eigenvalue weighted by atomic mass is 19.1. The Morgan fingerprint density at radius 3 is 2.68 bits per heavy atom. The topological polar surface area (TPSA) is 99.3 Å². The number of likely N-dealkylation sites (N-methyl/N-ethyl adjacent to an activating group) is 1. The van der Waals surface area contributed by atoms with Gasteiger partial charge in [0, 0.05) is 30.4 Å². The number of pyridine rings is 1. The van der Waals surface area contributed by atoms with Crippen molar-refractivity contribution in [1.29, 1.82) is 0 Å². The summed E-state index contributed by atoms with van der Waals surface area (Å²) in [5.41, 5.74) is 2.83. The van der Waals surface area contributed by atoms with Gasteiger partial charge in [0.2, 0.25) is 0 Å². The number of anilines is 2. The minimum atomic E-state index is -0.528. The molecule has 0 spiro atoms. The fraction of sp³-hybridized carbons (Fsp3) is 0.304. The molecule has 164 valence electrons. The zero-order valence-electron chi connectivity index (χ0n) is 17.7. The van der Waals surface area contributed by atoms with Gasteiger partial charge in [-0.05, 0) is 25.2 Å². The second kappa shape index (κ2) is 10.6. The molecule has 2 heterocycles. The SMILES string of the molecule is C1CC1.CNCCc1[nH]c(-c2ccncc2O)c(Nc2cccc(F)c2OC)c1C=O. The fourth-order valence-corrected chi connectivity index (χ4v) is 3.02. The largest absolute Gasteiger partial charge is 0.506 e. The third kappa shape index (κ3) is 5.40. The molecule has 1 aliphatic carbocycles. The van der Waals surface area contributed by atoms with E-state index in [0.29, 0.717) is 46.9 Å². The molecular formula is C23H27FN4O3.